The number of halogens is 1. The summed E-state index contributed by atoms with van der Waals surface area (Å²) < 4.78 is 0. The number of benzene rings is 3. The fourth-order valence-electron chi connectivity index (χ4n) is 4.77. The molecule has 33 heavy (non-hydrogen) atoms. The van der Waals surface area contributed by atoms with Crippen molar-refractivity contribution in [1.29, 1.82) is 0 Å². The smallest absolute Gasteiger partial charge is 0.0917 e. The number of hydrogen-bond acceptors (Lipinski definition) is 2. The molecule has 182 valence electrons. The van der Waals surface area contributed by atoms with Crippen LogP contribution in [0.3, 0.4) is 0 Å². The lowest BCUT2D eigenvalue weighted by molar-refractivity contribution is 0.110. The van der Waals surface area contributed by atoms with Crippen LogP contribution in [0, 0.1) is 6.92 Å². The quantitative estimate of drug-likeness (QED) is 0.212. The molecule has 0 fully saturated rings. The van der Waals surface area contributed by atoms with Crippen molar-refractivity contribution < 1.29 is 5.11 Å². The number of aliphatic hydroxyl groups is 1. The van der Waals surface area contributed by atoms with Crippen molar-refractivity contribution in [1.82, 2.24) is 4.90 Å². The molecule has 0 saturated heterocycles. The summed E-state index contributed by atoms with van der Waals surface area (Å²) >= 11 is 0. The van der Waals surface area contributed by atoms with Crippen LogP contribution in [0.5, 0.6) is 0 Å². The maximum Gasteiger partial charge on any atom is 0.0917 e. The molecule has 1 atom stereocenters. The summed E-state index contributed by atoms with van der Waals surface area (Å²) in [6.45, 7) is 14.1. The van der Waals surface area contributed by atoms with Gasteiger partial charge in [-0.1, -0.05) is 89.8 Å². The Morgan fingerprint density at radius 2 is 1.39 bits per heavy atom. The molecule has 3 aromatic carbocycles. The van der Waals surface area contributed by atoms with E-state index in [-0.39, 0.29) is 12.4 Å². The molecule has 0 bridgehead atoms. The summed E-state index contributed by atoms with van der Waals surface area (Å²) in [7, 11) is 0. The van der Waals surface area contributed by atoms with E-state index in [2.05, 4.69) is 82.0 Å². The molecule has 0 aliphatic rings. The number of nitrogens with zero attached hydrogens (tertiary/aromatic N) is 1. The fraction of sp³-hybridized carbons (Fsp3) is 0.533. The first-order chi connectivity index (χ1) is 15.4. The van der Waals surface area contributed by atoms with Gasteiger partial charge in [0.1, 0.15) is 0 Å². The van der Waals surface area contributed by atoms with Crippen LogP contribution >= 0.6 is 12.4 Å². The number of aliphatic hydroxyl groups excluding tert-OH is 1. The first kappa shape index (κ1) is 27.6. The molecular weight excluding hydrogens is 426 g/mol. The molecule has 0 amide bonds. The van der Waals surface area contributed by atoms with Gasteiger partial charge >= 0.3 is 0 Å². The number of fused-ring (bicyclic) bond motifs is 3. The van der Waals surface area contributed by atoms with Crippen LogP contribution in [0.1, 0.15) is 94.9 Å². The maximum atomic E-state index is 11.2. The van der Waals surface area contributed by atoms with Gasteiger partial charge in [0.25, 0.3) is 0 Å². The minimum Gasteiger partial charge on any atom is -0.387 e. The number of aryl methyl sites for hydroxylation is 1. The Labute approximate surface area is 207 Å². The van der Waals surface area contributed by atoms with Crippen molar-refractivity contribution in [3.05, 3.63) is 59.2 Å². The number of rotatable bonds is 12. The molecule has 2 nitrogen and oxygen atoms in total. The van der Waals surface area contributed by atoms with E-state index in [0.717, 1.165) is 25.2 Å². The van der Waals surface area contributed by atoms with Gasteiger partial charge in [-0.2, -0.15) is 0 Å². The van der Waals surface area contributed by atoms with Gasteiger partial charge in [0.05, 0.1) is 6.10 Å². The van der Waals surface area contributed by atoms with Gasteiger partial charge in [0, 0.05) is 6.54 Å². The minimum absolute atomic E-state index is 0. The van der Waals surface area contributed by atoms with Gasteiger partial charge in [0.2, 0.25) is 0 Å². The number of unbranched alkanes of at least 4 members (excludes halogenated alkanes) is 4. The molecule has 3 aromatic rings. The van der Waals surface area contributed by atoms with Crippen molar-refractivity contribution in [3.8, 4) is 0 Å². The molecule has 1 unspecified atom stereocenters. The van der Waals surface area contributed by atoms with Crippen LogP contribution in [-0.4, -0.2) is 29.6 Å². The second kappa shape index (κ2) is 13.3. The summed E-state index contributed by atoms with van der Waals surface area (Å²) in [6, 6.07) is 15.8. The highest BCUT2D eigenvalue weighted by Crippen LogP contribution is 2.32. The van der Waals surface area contributed by atoms with Crippen molar-refractivity contribution in [3.63, 3.8) is 0 Å². The third kappa shape index (κ3) is 7.18. The summed E-state index contributed by atoms with van der Waals surface area (Å²) in [5, 5.41) is 16.4. The van der Waals surface area contributed by atoms with E-state index in [4.69, 9.17) is 0 Å². The van der Waals surface area contributed by atoms with E-state index in [1.165, 1.54) is 71.2 Å². The monoisotopic (exact) mass is 469 g/mol. The SMILES string of the molecule is CCCCCN(CCCCC)CC(O)c1cc(C)c2ccc3cc(C(C)C)ccc3c2c1.Cl. The summed E-state index contributed by atoms with van der Waals surface area (Å²) in [5.41, 5.74) is 3.67. The average Bonchev–Trinajstić information content (AvgIpc) is 2.78. The van der Waals surface area contributed by atoms with Crippen LogP contribution in [-0.2, 0) is 0 Å². The predicted molar refractivity (Wildman–Crippen MR) is 148 cm³/mol. The molecule has 0 saturated carbocycles. The lowest BCUT2D eigenvalue weighted by Gasteiger charge is -2.26. The highest BCUT2D eigenvalue weighted by atomic mass is 35.5. The molecule has 3 heteroatoms. The summed E-state index contributed by atoms with van der Waals surface area (Å²) in [5.74, 6) is 0.524. The first-order valence-corrected chi connectivity index (χ1v) is 12.8. The van der Waals surface area contributed by atoms with E-state index in [9.17, 15) is 5.11 Å². The third-order valence-electron chi connectivity index (χ3n) is 6.84. The second-order valence-electron chi connectivity index (χ2n) is 9.86. The molecule has 0 radical (unpaired) electrons. The Balaban J connectivity index is 0.00000385. The second-order valence-corrected chi connectivity index (χ2v) is 9.86. The van der Waals surface area contributed by atoms with Crippen LogP contribution in [0.2, 0.25) is 0 Å². The lowest BCUT2D eigenvalue weighted by Crippen LogP contribution is -2.31. The standard InChI is InChI=1S/C30H43NO.ClH/c1-6-8-10-16-31(17-11-9-7-2)21-30(32)26-18-23(5)27-14-13-25-19-24(22(3)4)12-15-28(25)29(27)20-26;/h12-15,18-20,22,30,32H,6-11,16-17,21H2,1-5H3;1H. The molecular formula is C30H44ClNO. The molecule has 1 N–H and O–H groups in total. The van der Waals surface area contributed by atoms with Crippen LogP contribution in [0.15, 0.2) is 42.5 Å². The van der Waals surface area contributed by atoms with Gasteiger partial charge in [-0.15, -0.1) is 12.4 Å². The van der Waals surface area contributed by atoms with Gasteiger partial charge in [-0.3, -0.25) is 0 Å². The van der Waals surface area contributed by atoms with E-state index < -0.39 is 6.10 Å². The Hall–Kier alpha value is -1.61. The fourth-order valence-corrected chi connectivity index (χ4v) is 4.77. The zero-order chi connectivity index (χ0) is 23.1. The highest BCUT2D eigenvalue weighted by Gasteiger charge is 2.16. The van der Waals surface area contributed by atoms with Crippen LogP contribution in [0.25, 0.3) is 21.5 Å². The van der Waals surface area contributed by atoms with E-state index >= 15 is 0 Å². The van der Waals surface area contributed by atoms with Crippen LogP contribution in [0.4, 0.5) is 0 Å². The minimum atomic E-state index is -0.452. The highest BCUT2D eigenvalue weighted by molar-refractivity contribution is 6.08. The Morgan fingerprint density at radius 1 is 0.758 bits per heavy atom. The van der Waals surface area contributed by atoms with Crippen molar-refractivity contribution in [2.24, 2.45) is 0 Å². The van der Waals surface area contributed by atoms with Gasteiger partial charge in [0.15, 0.2) is 0 Å². The van der Waals surface area contributed by atoms with Crippen molar-refractivity contribution in [2.75, 3.05) is 19.6 Å². The van der Waals surface area contributed by atoms with Gasteiger partial charge in [-0.05, 0) is 83.1 Å². The Kier molecular flexibility index (Phi) is 11.2. The predicted octanol–water partition coefficient (Wildman–Crippen LogP) is 8.56. The maximum absolute atomic E-state index is 11.2. The van der Waals surface area contributed by atoms with Gasteiger partial charge in [-0.25, -0.2) is 0 Å². The van der Waals surface area contributed by atoms with E-state index in [1.54, 1.807) is 0 Å². The van der Waals surface area contributed by atoms with E-state index in [0.29, 0.717) is 5.92 Å². The lowest BCUT2D eigenvalue weighted by atomic mass is 9.92. The van der Waals surface area contributed by atoms with Crippen molar-refractivity contribution in [2.45, 2.75) is 85.2 Å². The normalized spacial score (nSPS) is 12.6. The number of hydrogen-bond donors (Lipinski definition) is 1. The third-order valence-corrected chi connectivity index (χ3v) is 6.84. The molecule has 0 aliphatic carbocycles. The zero-order valence-electron chi connectivity index (χ0n) is 21.4. The molecule has 0 aliphatic heterocycles. The first-order valence-electron chi connectivity index (χ1n) is 12.8. The van der Waals surface area contributed by atoms with Gasteiger partial charge < -0.3 is 10.0 Å². The topological polar surface area (TPSA) is 23.5 Å². The summed E-state index contributed by atoms with van der Waals surface area (Å²) in [6.07, 6.45) is 6.98. The molecule has 3 rings (SSSR count). The largest absolute Gasteiger partial charge is 0.387 e. The van der Waals surface area contributed by atoms with E-state index in [1.807, 2.05) is 0 Å². The Bertz CT molecular complexity index is 1000. The van der Waals surface area contributed by atoms with Crippen LogP contribution < -0.4 is 0 Å². The Morgan fingerprint density at radius 3 is 2.00 bits per heavy atom. The molecule has 0 spiro atoms. The molecule has 0 heterocycles. The van der Waals surface area contributed by atoms with Crippen molar-refractivity contribution >= 4 is 34.0 Å². The molecule has 0 aromatic heterocycles. The summed E-state index contributed by atoms with van der Waals surface area (Å²) in [4.78, 5) is 2.48. The zero-order valence-corrected chi connectivity index (χ0v) is 22.2. The average molecular weight is 470 g/mol.